The maximum absolute atomic E-state index is 12.5. The van der Waals surface area contributed by atoms with Gasteiger partial charge in [-0.25, -0.2) is 5.01 Å². The Morgan fingerprint density at radius 2 is 1.92 bits per heavy atom. The molecular weight excluding hydrogens is 304 g/mol. The van der Waals surface area contributed by atoms with Crippen LogP contribution in [0.4, 0.5) is 5.69 Å². The smallest absolute Gasteiger partial charge is 0.261 e. The van der Waals surface area contributed by atoms with Gasteiger partial charge in [-0.05, 0) is 31.5 Å². The Labute approximate surface area is 140 Å². The third-order valence-corrected chi connectivity index (χ3v) is 3.81. The number of hydrogen-bond donors (Lipinski definition) is 1. The molecule has 1 unspecified atom stereocenters. The Hall–Kier alpha value is -3.02. The van der Waals surface area contributed by atoms with Gasteiger partial charge >= 0.3 is 0 Å². The lowest BCUT2D eigenvalue weighted by Crippen LogP contribution is -2.36. The molecule has 0 saturated carbocycles. The summed E-state index contributed by atoms with van der Waals surface area (Å²) in [6.07, 6.45) is 1.57. The summed E-state index contributed by atoms with van der Waals surface area (Å²) >= 11 is 0. The van der Waals surface area contributed by atoms with Crippen LogP contribution in [-0.2, 0) is 16.1 Å². The maximum atomic E-state index is 12.5. The lowest BCUT2D eigenvalue weighted by molar-refractivity contribution is -0.136. The highest BCUT2D eigenvalue weighted by Crippen LogP contribution is 2.20. The van der Waals surface area contributed by atoms with E-state index in [0.717, 1.165) is 11.3 Å². The lowest BCUT2D eigenvalue weighted by atomic mass is 10.0. The van der Waals surface area contributed by atoms with Crippen molar-refractivity contribution < 1.29 is 9.59 Å². The number of aryl methyl sites for hydroxylation is 1. The number of benzene rings is 1. The summed E-state index contributed by atoms with van der Waals surface area (Å²) < 4.78 is 0. The molecule has 0 spiro atoms. The van der Waals surface area contributed by atoms with Crippen LogP contribution in [0.1, 0.15) is 18.2 Å². The number of aromatic nitrogens is 1. The number of carbonyl (C=O) groups excluding carboxylic acids is 2. The monoisotopic (exact) mass is 322 g/mol. The van der Waals surface area contributed by atoms with Gasteiger partial charge in [-0.2, -0.15) is 5.10 Å². The predicted molar refractivity (Wildman–Crippen MR) is 91.2 cm³/mol. The highest BCUT2D eigenvalue weighted by atomic mass is 16.2. The molecule has 0 radical (unpaired) electrons. The molecule has 0 bridgehead atoms. The highest BCUT2D eigenvalue weighted by molar-refractivity contribution is 6.24. The molecule has 1 atom stereocenters. The fourth-order valence-electron chi connectivity index (χ4n) is 2.55. The van der Waals surface area contributed by atoms with Crippen molar-refractivity contribution in [3.63, 3.8) is 0 Å². The van der Waals surface area contributed by atoms with Crippen LogP contribution in [0.2, 0.25) is 0 Å². The second kappa shape index (κ2) is 6.62. The molecule has 122 valence electrons. The van der Waals surface area contributed by atoms with Crippen LogP contribution in [-0.4, -0.2) is 27.5 Å². The fourth-order valence-corrected chi connectivity index (χ4v) is 2.55. The molecule has 1 N–H and O–H groups in total. The normalized spacial score (nSPS) is 16.9. The summed E-state index contributed by atoms with van der Waals surface area (Å²) in [6, 6.07) is 13.1. The minimum atomic E-state index is -0.894. The number of nitrogens with zero attached hydrogens (tertiary/aromatic N) is 3. The largest absolute Gasteiger partial charge is 0.324 e. The van der Waals surface area contributed by atoms with E-state index < -0.39 is 5.92 Å². The van der Waals surface area contributed by atoms with Crippen LogP contribution in [0.25, 0.3) is 0 Å². The van der Waals surface area contributed by atoms with Crippen molar-refractivity contribution in [2.24, 2.45) is 11.0 Å². The first-order chi connectivity index (χ1) is 11.5. The SMILES string of the molecule is CC1=NN(Cc2ccccc2)C(=O)C1C(=O)Nc1ccc(C)nc1. The Kier molecular flexibility index (Phi) is 4.37. The number of nitrogens with one attached hydrogen (secondary N) is 1. The van der Waals surface area contributed by atoms with E-state index in [9.17, 15) is 9.59 Å². The first kappa shape index (κ1) is 15.9. The number of pyridine rings is 1. The van der Waals surface area contributed by atoms with E-state index in [1.165, 1.54) is 5.01 Å². The molecule has 6 nitrogen and oxygen atoms in total. The van der Waals surface area contributed by atoms with E-state index in [1.54, 1.807) is 25.3 Å². The maximum Gasteiger partial charge on any atom is 0.261 e. The minimum Gasteiger partial charge on any atom is -0.324 e. The van der Waals surface area contributed by atoms with E-state index in [4.69, 9.17) is 0 Å². The number of rotatable bonds is 4. The van der Waals surface area contributed by atoms with Crippen molar-refractivity contribution in [3.05, 3.63) is 59.9 Å². The van der Waals surface area contributed by atoms with E-state index in [-0.39, 0.29) is 11.8 Å². The Balaban J connectivity index is 1.70. The van der Waals surface area contributed by atoms with Gasteiger partial charge in [0.15, 0.2) is 5.92 Å². The third kappa shape index (κ3) is 3.32. The molecule has 3 rings (SSSR count). The molecule has 2 aromatic rings. The number of hydrazone groups is 1. The van der Waals surface area contributed by atoms with Gasteiger partial charge in [0.1, 0.15) is 0 Å². The van der Waals surface area contributed by atoms with Gasteiger partial charge in [0.2, 0.25) is 5.91 Å². The summed E-state index contributed by atoms with van der Waals surface area (Å²) in [5.74, 6) is -1.59. The molecule has 0 fully saturated rings. The summed E-state index contributed by atoms with van der Waals surface area (Å²) in [5, 5.41) is 8.32. The molecule has 1 aromatic carbocycles. The first-order valence-electron chi connectivity index (χ1n) is 7.68. The Morgan fingerprint density at radius 3 is 2.58 bits per heavy atom. The Morgan fingerprint density at radius 1 is 1.17 bits per heavy atom. The number of anilines is 1. The van der Waals surface area contributed by atoms with Crippen molar-refractivity contribution >= 4 is 23.2 Å². The standard InChI is InChI=1S/C18H18N4O2/c1-12-8-9-15(10-19-12)20-17(23)16-13(2)21-22(18(16)24)11-14-6-4-3-5-7-14/h3-10,16H,11H2,1-2H3,(H,20,23). The molecule has 1 aromatic heterocycles. The van der Waals surface area contributed by atoms with Gasteiger partial charge in [0, 0.05) is 5.69 Å². The quantitative estimate of drug-likeness (QED) is 0.878. The molecule has 6 heteroatoms. The minimum absolute atomic E-state index is 0.311. The second-order valence-corrected chi connectivity index (χ2v) is 5.73. The number of amides is 2. The van der Waals surface area contributed by atoms with Crippen LogP contribution in [0, 0.1) is 12.8 Å². The van der Waals surface area contributed by atoms with Crippen molar-refractivity contribution in [2.45, 2.75) is 20.4 Å². The van der Waals surface area contributed by atoms with E-state index in [2.05, 4.69) is 15.4 Å². The number of hydrogen-bond acceptors (Lipinski definition) is 4. The molecule has 0 aliphatic carbocycles. The van der Waals surface area contributed by atoms with Crippen LogP contribution in [0.3, 0.4) is 0 Å². The van der Waals surface area contributed by atoms with Gasteiger partial charge in [-0.1, -0.05) is 30.3 Å². The Bertz CT molecular complexity index is 784. The van der Waals surface area contributed by atoms with E-state index in [1.807, 2.05) is 37.3 Å². The van der Waals surface area contributed by atoms with Crippen molar-refractivity contribution in [2.75, 3.05) is 5.32 Å². The lowest BCUT2D eigenvalue weighted by Gasteiger charge is -2.14. The molecule has 0 saturated heterocycles. The summed E-state index contributed by atoms with van der Waals surface area (Å²) in [6.45, 7) is 3.91. The molecule has 2 amide bonds. The van der Waals surface area contributed by atoms with E-state index in [0.29, 0.717) is 17.9 Å². The van der Waals surface area contributed by atoms with Crippen LogP contribution >= 0.6 is 0 Å². The van der Waals surface area contributed by atoms with Gasteiger partial charge in [0.25, 0.3) is 5.91 Å². The zero-order chi connectivity index (χ0) is 17.1. The van der Waals surface area contributed by atoms with Gasteiger partial charge in [-0.3, -0.25) is 14.6 Å². The molecule has 2 heterocycles. The van der Waals surface area contributed by atoms with Crippen molar-refractivity contribution in [1.29, 1.82) is 0 Å². The third-order valence-electron chi connectivity index (χ3n) is 3.81. The molecule has 24 heavy (non-hydrogen) atoms. The summed E-state index contributed by atoms with van der Waals surface area (Å²) in [5.41, 5.74) is 2.88. The van der Waals surface area contributed by atoms with Gasteiger partial charge in [0.05, 0.1) is 24.1 Å². The highest BCUT2D eigenvalue weighted by Gasteiger charge is 2.38. The number of carbonyl (C=O) groups is 2. The zero-order valence-electron chi connectivity index (χ0n) is 13.6. The van der Waals surface area contributed by atoms with Gasteiger partial charge < -0.3 is 5.32 Å². The average molecular weight is 322 g/mol. The summed E-state index contributed by atoms with van der Waals surface area (Å²) in [7, 11) is 0. The fraction of sp³-hybridized carbons (Fsp3) is 0.222. The van der Waals surface area contributed by atoms with Crippen molar-refractivity contribution in [1.82, 2.24) is 9.99 Å². The van der Waals surface area contributed by atoms with E-state index >= 15 is 0 Å². The van der Waals surface area contributed by atoms with Crippen LogP contribution in [0.15, 0.2) is 53.8 Å². The molecule has 1 aliphatic heterocycles. The van der Waals surface area contributed by atoms with Crippen LogP contribution in [0.5, 0.6) is 0 Å². The molecule has 1 aliphatic rings. The first-order valence-corrected chi connectivity index (χ1v) is 7.68. The van der Waals surface area contributed by atoms with Crippen LogP contribution < -0.4 is 5.32 Å². The topological polar surface area (TPSA) is 74.7 Å². The van der Waals surface area contributed by atoms with Crippen molar-refractivity contribution in [3.8, 4) is 0 Å². The zero-order valence-corrected chi connectivity index (χ0v) is 13.6. The summed E-state index contributed by atoms with van der Waals surface area (Å²) in [4.78, 5) is 29.1. The molecular formula is C18H18N4O2. The average Bonchev–Trinajstić information content (AvgIpc) is 2.84. The predicted octanol–water partition coefficient (Wildman–Crippen LogP) is 2.36. The second-order valence-electron chi connectivity index (χ2n) is 5.73. The van der Waals surface area contributed by atoms with Gasteiger partial charge in [-0.15, -0.1) is 0 Å².